The van der Waals surface area contributed by atoms with Crippen LogP contribution in [0.5, 0.6) is 0 Å². The Labute approximate surface area is 111 Å². The molecule has 0 aliphatic heterocycles. The zero-order chi connectivity index (χ0) is 13.3. The summed E-state index contributed by atoms with van der Waals surface area (Å²) in [5.74, 6) is 2.13. The third-order valence-corrected chi connectivity index (χ3v) is 4.87. The summed E-state index contributed by atoms with van der Waals surface area (Å²) in [5, 5.41) is 0. The smallest absolute Gasteiger partial charge is 0.103 e. The van der Waals surface area contributed by atoms with Gasteiger partial charge in [-0.05, 0) is 55.3 Å². The zero-order valence-electron chi connectivity index (χ0n) is 12.0. The molecular weight excluding hydrogens is 230 g/mol. The largest absolute Gasteiger partial charge is 0.247 e. The third-order valence-electron chi connectivity index (χ3n) is 4.87. The van der Waals surface area contributed by atoms with Crippen molar-refractivity contribution in [2.24, 2.45) is 29.6 Å². The zero-order valence-corrected chi connectivity index (χ0v) is 12.0. The summed E-state index contributed by atoms with van der Waals surface area (Å²) >= 11 is 0. The van der Waals surface area contributed by atoms with Gasteiger partial charge in [0.1, 0.15) is 12.3 Å². The second-order valence-corrected chi connectivity index (χ2v) is 7.16. The second-order valence-electron chi connectivity index (χ2n) is 7.16. The van der Waals surface area contributed by atoms with Crippen LogP contribution in [0, 0.1) is 29.6 Å². The first-order valence-electron chi connectivity index (χ1n) is 7.75. The highest BCUT2D eigenvalue weighted by molar-refractivity contribution is 4.91. The van der Waals surface area contributed by atoms with Crippen LogP contribution in [-0.4, -0.2) is 12.3 Å². The minimum Gasteiger partial charge on any atom is -0.247 e. The van der Waals surface area contributed by atoms with Crippen LogP contribution in [0.25, 0.3) is 0 Å². The van der Waals surface area contributed by atoms with Gasteiger partial charge in [-0.25, -0.2) is 8.78 Å². The quantitative estimate of drug-likeness (QED) is 0.563. The molecule has 0 heterocycles. The molecule has 3 unspecified atom stereocenters. The van der Waals surface area contributed by atoms with Crippen molar-refractivity contribution in [2.75, 3.05) is 0 Å². The van der Waals surface area contributed by atoms with E-state index in [2.05, 4.69) is 0 Å². The van der Waals surface area contributed by atoms with E-state index in [1.54, 1.807) is 0 Å². The molecule has 5 atom stereocenters. The topological polar surface area (TPSA) is 0 Å². The van der Waals surface area contributed by atoms with Gasteiger partial charge in [0, 0.05) is 0 Å². The summed E-state index contributed by atoms with van der Waals surface area (Å²) in [7, 11) is 0. The van der Waals surface area contributed by atoms with E-state index in [4.69, 9.17) is 0 Å². The molecule has 0 radical (unpaired) electrons. The maximum atomic E-state index is 13.9. The third kappa shape index (κ3) is 4.20. The van der Waals surface area contributed by atoms with Crippen LogP contribution in [0.15, 0.2) is 0 Å². The van der Waals surface area contributed by atoms with Gasteiger partial charge in [-0.3, -0.25) is 0 Å². The van der Waals surface area contributed by atoms with E-state index in [1.807, 2.05) is 20.8 Å². The van der Waals surface area contributed by atoms with Gasteiger partial charge in [0.15, 0.2) is 0 Å². The van der Waals surface area contributed by atoms with Crippen molar-refractivity contribution in [2.45, 2.75) is 71.6 Å². The Morgan fingerprint density at radius 3 is 2.06 bits per heavy atom. The first-order valence-corrected chi connectivity index (χ1v) is 7.75. The summed E-state index contributed by atoms with van der Waals surface area (Å²) in [4.78, 5) is 0. The first-order chi connectivity index (χ1) is 8.47. The fraction of sp³-hybridized carbons (Fsp3) is 1.00. The molecule has 0 aromatic carbocycles. The van der Waals surface area contributed by atoms with Gasteiger partial charge in [0.25, 0.3) is 0 Å². The van der Waals surface area contributed by atoms with Crippen LogP contribution >= 0.6 is 0 Å². The Balaban J connectivity index is 1.62. The van der Waals surface area contributed by atoms with Crippen LogP contribution in [0.3, 0.4) is 0 Å². The maximum absolute atomic E-state index is 13.9. The lowest BCUT2D eigenvalue weighted by atomic mass is 9.93. The van der Waals surface area contributed by atoms with E-state index in [9.17, 15) is 8.78 Å². The molecule has 2 heteroatoms. The van der Waals surface area contributed by atoms with Crippen LogP contribution in [0.1, 0.15) is 59.3 Å². The molecule has 0 N–H and O–H groups in total. The number of alkyl halides is 2. The number of hydrogen-bond donors (Lipinski definition) is 0. The summed E-state index contributed by atoms with van der Waals surface area (Å²) in [5.41, 5.74) is 0. The molecule has 2 fully saturated rings. The molecule has 2 aliphatic carbocycles. The predicted molar refractivity (Wildman–Crippen MR) is 72.0 cm³/mol. The van der Waals surface area contributed by atoms with E-state index in [0.717, 1.165) is 19.3 Å². The van der Waals surface area contributed by atoms with E-state index >= 15 is 0 Å². The molecule has 0 spiro atoms. The summed E-state index contributed by atoms with van der Waals surface area (Å²) in [6.07, 6.45) is 4.77. The average molecular weight is 258 g/mol. The lowest BCUT2D eigenvalue weighted by molar-refractivity contribution is 0.195. The second kappa shape index (κ2) is 5.88. The van der Waals surface area contributed by atoms with Crippen molar-refractivity contribution >= 4 is 0 Å². The number of rotatable bonds is 8. The van der Waals surface area contributed by atoms with Gasteiger partial charge in [-0.2, -0.15) is 0 Å². The van der Waals surface area contributed by atoms with E-state index < -0.39 is 12.3 Å². The minimum absolute atomic E-state index is 0.132. The molecule has 0 aromatic rings. The van der Waals surface area contributed by atoms with Gasteiger partial charge < -0.3 is 0 Å². The minimum atomic E-state index is -0.664. The van der Waals surface area contributed by atoms with Crippen molar-refractivity contribution in [1.29, 1.82) is 0 Å². The molecular formula is C16H28F2. The van der Waals surface area contributed by atoms with E-state index in [1.165, 1.54) is 12.8 Å². The SMILES string of the molecule is CC(C)[C@H](F)CC1CC1CC(C)[C@@H](F)CC1CC1. The normalized spacial score (nSPS) is 32.3. The van der Waals surface area contributed by atoms with Gasteiger partial charge in [0.2, 0.25) is 0 Å². The standard InChI is InChI=1S/C16H28F2/c1-10(2)15(17)9-14-8-13(14)6-11(3)16(18)7-12-4-5-12/h10-16H,4-9H2,1-3H3/t11?,13?,14?,15-,16+/m1/s1. The van der Waals surface area contributed by atoms with Gasteiger partial charge in [-0.1, -0.05) is 33.6 Å². The molecule has 0 saturated heterocycles. The van der Waals surface area contributed by atoms with Crippen molar-refractivity contribution in [3.8, 4) is 0 Å². The van der Waals surface area contributed by atoms with Crippen molar-refractivity contribution in [3.05, 3.63) is 0 Å². The van der Waals surface area contributed by atoms with Crippen molar-refractivity contribution in [1.82, 2.24) is 0 Å². The molecule has 2 saturated carbocycles. The highest BCUT2D eigenvalue weighted by Crippen LogP contribution is 2.48. The maximum Gasteiger partial charge on any atom is 0.103 e. The predicted octanol–water partition coefficient (Wildman–Crippen LogP) is 5.17. The van der Waals surface area contributed by atoms with Crippen molar-refractivity contribution < 1.29 is 8.78 Å². The lowest BCUT2D eigenvalue weighted by Crippen LogP contribution is -2.15. The molecule has 2 rings (SSSR count). The molecule has 0 bridgehead atoms. The Morgan fingerprint density at radius 1 is 0.889 bits per heavy atom. The van der Waals surface area contributed by atoms with Crippen LogP contribution < -0.4 is 0 Å². The molecule has 18 heavy (non-hydrogen) atoms. The first kappa shape index (κ1) is 14.3. The monoisotopic (exact) mass is 258 g/mol. The number of hydrogen-bond acceptors (Lipinski definition) is 0. The summed E-state index contributed by atoms with van der Waals surface area (Å²) in [6, 6.07) is 0. The van der Waals surface area contributed by atoms with Crippen LogP contribution in [-0.2, 0) is 0 Å². The van der Waals surface area contributed by atoms with Gasteiger partial charge in [-0.15, -0.1) is 0 Å². The Kier molecular flexibility index (Phi) is 4.66. The fourth-order valence-electron chi connectivity index (χ4n) is 2.98. The van der Waals surface area contributed by atoms with Crippen LogP contribution in [0.2, 0.25) is 0 Å². The summed E-state index contributed by atoms with van der Waals surface area (Å²) in [6.45, 7) is 5.92. The van der Waals surface area contributed by atoms with Crippen molar-refractivity contribution in [3.63, 3.8) is 0 Å². The number of halogens is 2. The molecule has 0 nitrogen and oxygen atoms in total. The molecule has 2 aliphatic rings. The molecule has 106 valence electrons. The Morgan fingerprint density at radius 2 is 1.50 bits per heavy atom. The van der Waals surface area contributed by atoms with E-state index in [0.29, 0.717) is 24.2 Å². The van der Waals surface area contributed by atoms with E-state index in [-0.39, 0.29) is 11.8 Å². The molecule has 0 amide bonds. The average Bonchev–Trinajstić information content (AvgIpc) is 3.18. The Hall–Kier alpha value is -0.140. The van der Waals surface area contributed by atoms with Crippen LogP contribution in [0.4, 0.5) is 8.78 Å². The van der Waals surface area contributed by atoms with Gasteiger partial charge in [0.05, 0.1) is 0 Å². The fourth-order valence-corrected chi connectivity index (χ4v) is 2.98. The highest BCUT2D eigenvalue weighted by atomic mass is 19.1. The lowest BCUT2D eigenvalue weighted by Gasteiger charge is -2.17. The summed E-state index contributed by atoms with van der Waals surface area (Å²) < 4.78 is 27.5. The highest BCUT2D eigenvalue weighted by Gasteiger charge is 2.41. The Bertz CT molecular complexity index is 260. The van der Waals surface area contributed by atoms with Gasteiger partial charge >= 0.3 is 0 Å². The molecule has 0 aromatic heterocycles.